The zero-order chi connectivity index (χ0) is 14.0. The van der Waals surface area contributed by atoms with Crippen LogP contribution in [0.2, 0.25) is 5.15 Å². The predicted molar refractivity (Wildman–Crippen MR) is 66.9 cm³/mol. The summed E-state index contributed by atoms with van der Waals surface area (Å²) < 4.78 is 38.1. The van der Waals surface area contributed by atoms with Crippen LogP contribution in [0.15, 0.2) is 6.33 Å². The van der Waals surface area contributed by atoms with E-state index in [2.05, 4.69) is 15.3 Å². The summed E-state index contributed by atoms with van der Waals surface area (Å²) in [6, 6.07) is -0.298. The Kier molecular flexibility index (Phi) is 4.03. The molecule has 0 aromatic carbocycles. The molecule has 1 aliphatic carbocycles. The van der Waals surface area contributed by atoms with E-state index in [9.17, 15) is 13.2 Å². The fourth-order valence-electron chi connectivity index (χ4n) is 2.30. The number of halogens is 4. The highest BCUT2D eigenvalue weighted by Gasteiger charge is 2.42. The Morgan fingerprint density at radius 1 is 1.32 bits per heavy atom. The standard InChI is InChI=1S/C11H14ClF3N4/c12-9-8(16)10(18-5-17-9)19-7-3-1-2-6(4-7)11(13,14)15/h5-7H,1-4,16H2,(H,17,18,19)/t6-,7-/m0/s1. The van der Waals surface area contributed by atoms with Crippen LogP contribution in [-0.2, 0) is 0 Å². The molecule has 1 fully saturated rings. The zero-order valence-electron chi connectivity index (χ0n) is 10.0. The lowest BCUT2D eigenvalue weighted by Gasteiger charge is -2.31. The summed E-state index contributed by atoms with van der Waals surface area (Å²) in [6.07, 6.45) is -1.51. The number of hydrogen-bond acceptors (Lipinski definition) is 4. The lowest BCUT2D eigenvalue weighted by Crippen LogP contribution is -2.35. The third-order valence-corrected chi connectivity index (χ3v) is 3.61. The summed E-state index contributed by atoms with van der Waals surface area (Å²) >= 11 is 5.74. The summed E-state index contributed by atoms with van der Waals surface area (Å²) in [5, 5.41) is 3.03. The molecule has 0 saturated heterocycles. The fraction of sp³-hybridized carbons (Fsp3) is 0.636. The molecule has 106 valence electrons. The van der Waals surface area contributed by atoms with Crippen molar-refractivity contribution in [3.05, 3.63) is 11.5 Å². The van der Waals surface area contributed by atoms with Crippen LogP contribution < -0.4 is 11.1 Å². The third-order valence-electron chi connectivity index (χ3n) is 3.31. The smallest absolute Gasteiger partial charge is 0.391 e. The van der Waals surface area contributed by atoms with Crippen molar-refractivity contribution in [2.24, 2.45) is 5.92 Å². The molecule has 2 rings (SSSR count). The molecule has 0 aliphatic heterocycles. The summed E-state index contributed by atoms with van der Waals surface area (Å²) in [6.45, 7) is 0. The lowest BCUT2D eigenvalue weighted by atomic mass is 9.85. The minimum Gasteiger partial charge on any atom is -0.393 e. The maximum Gasteiger partial charge on any atom is 0.391 e. The van der Waals surface area contributed by atoms with Gasteiger partial charge >= 0.3 is 6.18 Å². The number of anilines is 2. The second-order valence-electron chi connectivity index (χ2n) is 4.67. The van der Waals surface area contributed by atoms with Crippen LogP contribution >= 0.6 is 11.6 Å². The molecule has 1 saturated carbocycles. The van der Waals surface area contributed by atoms with Crippen LogP contribution in [0, 0.1) is 5.92 Å². The van der Waals surface area contributed by atoms with Crippen LogP contribution in [0.1, 0.15) is 25.7 Å². The number of nitrogens with two attached hydrogens (primary N) is 1. The molecule has 0 unspecified atom stereocenters. The molecule has 19 heavy (non-hydrogen) atoms. The quantitative estimate of drug-likeness (QED) is 0.822. The van der Waals surface area contributed by atoms with E-state index in [1.54, 1.807) is 0 Å². The molecular weight excluding hydrogens is 281 g/mol. The van der Waals surface area contributed by atoms with Crippen molar-refractivity contribution in [2.45, 2.75) is 37.9 Å². The van der Waals surface area contributed by atoms with Gasteiger partial charge in [0.2, 0.25) is 0 Å². The van der Waals surface area contributed by atoms with Gasteiger partial charge in [-0.05, 0) is 19.3 Å². The molecule has 3 N–H and O–H groups in total. The predicted octanol–water partition coefficient (Wildman–Crippen LogP) is 3.25. The Hall–Kier alpha value is -1.24. The van der Waals surface area contributed by atoms with Crippen LogP contribution in [0.4, 0.5) is 24.7 Å². The number of aromatic nitrogens is 2. The number of rotatable bonds is 2. The first-order chi connectivity index (χ1) is 8.88. The fourth-order valence-corrected chi connectivity index (χ4v) is 2.43. The van der Waals surface area contributed by atoms with Crippen molar-refractivity contribution >= 4 is 23.1 Å². The van der Waals surface area contributed by atoms with E-state index in [4.69, 9.17) is 17.3 Å². The van der Waals surface area contributed by atoms with Crippen LogP contribution in [0.5, 0.6) is 0 Å². The Morgan fingerprint density at radius 3 is 2.74 bits per heavy atom. The van der Waals surface area contributed by atoms with Gasteiger partial charge in [0, 0.05) is 6.04 Å². The van der Waals surface area contributed by atoms with E-state index < -0.39 is 12.1 Å². The molecule has 8 heteroatoms. The number of nitrogens with one attached hydrogen (secondary N) is 1. The van der Waals surface area contributed by atoms with Crippen molar-refractivity contribution in [2.75, 3.05) is 11.1 Å². The Balaban J connectivity index is 2.05. The highest BCUT2D eigenvalue weighted by atomic mass is 35.5. The zero-order valence-corrected chi connectivity index (χ0v) is 10.8. The van der Waals surface area contributed by atoms with E-state index in [1.807, 2.05) is 0 Å². The average molecular weight is 295 g/mol. The van der Waals surface area contributed by atoms with Gasteiger partial charge < -0.3 is 11.1 Å². The van der Waals surface area contributed by atoms with Gasteiger partial charge in [0.05, 0.1) is 5.92 Å². The first kappa shape index (κ1) is 14.2. The van der Waals surface area contributed by atoms with Crippen molar-refractivity contribution in [3.8, 4) is 0 Å². The van der Waals surface area contributed by atoms with E-state index in [1.165, 1.54) is 6.33 Å². The van der Waals surface area contributed by atoms with Crippen LogP contribution in [0.25, 0.3) is 0 Å². The van der Waals surface area contributed by atoms with Gasteiger partial charge in [-0.25, -0.2) is 9.97 Å². The largest absolute Gasteiger partial charge is 0.393 e. The normalized spacial score (nSPS) is 24.2. The molecule has 2 atom stereocenters. The Bertz CT molecular complexity index is 452. The second kappa shape index (κ2) is 5.40. The number of hydrogen-bond donors (Lipinski definition) is 2. The van der Waals surface area contributed by atoms with Gasteiger partial charge in [-0.3, -0.25) is 0 Å². The first-order valence-electron chi connectivity index (χ1n) is 5.97. The molecule has 4 nitrogen and oxygen atoms in total. The summed E-state index contributed by atoms with van der Waals surface area (Å²) in [4.78, 5) is 7.60. The molecule has 1 aliphatic rings. The van der Waals surface area contributed by atoms with Crippen molar-refractivity contribution in [3.63, 3.8) is 0 Å². The first-order valence-corrected chi connectivity index (χ1v) is 6.35. The van der Waals surface area contributed by atoms with Crippen molar-refractivity contribution < 1.29 is 13.2 Å². The van der Waals surface area contributed by atoms with Gasteiger partial charge in [-0.1, -0.05) is 18.0 Å². The highest BCUT2D eigenvalue weighted by Crippen LogP contribution is 2.38. The summed E-state index contributed by atoms with van der Waals surface area (Å²) in [5.74, 6) is -0.967. The number of nitrogen functional groups attached to an aromatic ring is 1. The van der Waals surface area contributed by atoms with E-state index in [-0.39, 0.29) is 29.7 Å². The molecule has 1 heterocycles. The number of nitrogens with zero attached hydrogens (tertiary/aromatic N) is 2. The minimum absolute atomic E-state index is 0.0323. The van der Waals surface area contributed by atoms with Crippen molar-refractivity contribution in [1.29, 1.82) is 0 Å². The molecule has 0 bridgehead atoms. The molecular formula is C11H14ClF3N4. The topological polar surface area (TPSA) is 63.8 Å². The third kappa shape index (κ3) is 3.40. The Labute approximate surface area is 113 Å². The average Bonchev–Trinajstić information content (AvgIpc) is 2.34. The van der Waals surface area contributed by atoms with Gasteiger partial charge in [0.25, 0.3) is 0 Å². The summed E-state index contributed by atoms with van der Waals surface area (Å²) in [5.41, 5.74) is 5.84. The molecule has 1 aromatic rings. The maximum atomic E-state index is 12.7. The molecule has 0 amide bonds. The van der Waals surface area contributed by atoms with Gasteiger partial charge in [-0.2, -0.15) is 13.2 Å². The van der Waals surface area contributed by atoms with Gasteiger partial charge in [0.15, 0.2) is 11.0 Å². The van der Waals surface area contributed by atoms with Gasteiger partial charge in [0.1, 0.15) is 12.0 Å². The van der Waals surface area contributed by atoms with E-state index >= 15 is 0 Å². The van der Waals surface area contributed by atoms with Gasteiger partial charge in [-0.15, -0.1) is 0 Å². The summed E-state index contributed by atoms with van der Waals surface area (Å²) in [7, 11) is 0. The highest BCUT2D eigenvalue weighted by molar-refractivity contribution is 6.32. The van der Waals surface area contributed by atoms with Crippen molar-refractivity contribution in [1.82, 2.24) is 9.97 Å². The SMILES string of the molecule is Nc1c(Cl)ncnc1N[C@H]1CCC[C@H](C(F)(F)F)C1. The van der Waals surface area contributed by atoms with Crippen LogP contribution in [-0.4, -0.2) is 22.2 Å². The Morgan fingerprint density at radius 2 is 2.05 bits per heavy atom. The second-order valence-corrected chi connectivity index (χ2v) is 5.03. The number of alkyl halides is 3. The molecule has 0 spiro atoms. The monoisotopic (exact) mass is 294 g/mol. The van der Waals surface area contributed by atoms with E-state index in [0.29, 0.717) is 18.7 Å². The molecule has 0 radical (unpaired) electrons. The molecule has 1 aromatic heterocycles. The van der Waals surface area contributed by atoms with Crippen LogP contribution in [0.3, 0.4) is 0 Å². The minimum atomic E-state index is -4.14. The lowest BCUT2D eigenvalue weighted by molar-refractivity contribution is -0.182. The maximum absolute atomic E-state index is 12.7. The van der Waals surface area contributed by atoms with E-state index in [0.717, 1.165) is 0 Å².